The van der Waals surface area contributed by atoms with Gasteiger partial charge in [-0.2, -0.15) is 0 Å². The number of unbranched alkanes of at least 4 members (excludes halogenated alkanes) is 1. The van der Waals surface area contributed by atoms with E-state index in [1.807, 2.05) is 24.3 Å². The molecule has 6 nitrogen and oxygen atoms in total. The van der Waals surface area contributed by atoms with Crippen molar-refractivity contribution in [2.24, 2.45) is 0 Å². The fraction of sp³-hybridized carbons (Fsp3) is 0.550. The minimum Gasteiger partial charge on any atom is -0.459 e. The number of amides is 1. The zero-order valence-corrected chi connectivity index (χ0v) is 15.0. The molecule has 26 heavy (non-hydrogen) atoms. The minimum absolute atomic E-state index is 0.0767. The van der Waals surface area contributed by atoms with Crippen LogP contribution < -0.4 is 0 Å². The Morgan fingerprint density at radius 3 is 2.69 bits per heavy atom. The van der Waals surface area contributed by atoms with Gasteiger partial charge in [-0.05, 0) is 24.5 Å². The Hall–Kier alpha value is -1.89. The maximum Gasteiger partial charge on any atom is 0.288 e. The van der Waals surface area contributed by atoms with E-state index in [-0.39, 0.29) is 18.4 Å². The highest BCUT2D eigenvalue weighted by Crippen LogP contribution is 2.32. The highest BCUT2D eigenvalue weighted by Gasteiger charge is 2.31. The summed E-state index contributed by atoms with van der Waals surface area (Å²) in [5.74, 6) is 0.338. The number of hydrogen-bond donors (Lipinski definition) is 1. The molecule has 3 rings (SSSR count). The van der Waals surface area contributed by atoms with E-state index in [0.29, 0.717) is 51.5 Å². The quantitative estimate of drug-likeness (QED) is 0.753. The van der Waals surface area contributed by atoms with Gasteiger partial charge in [0.1, 0.15) is 0 Å². The molecule has 2 aliphatic heterocycles. The molecule has 1 fully saturated rings. The van der Waals surface area contributed by atoms with Gasteiger partial charge in [-0.1, -0.05) is 30.3 Å². The Morgan fingerprint density at radius 1 is 1.19 bits per heavy atom. The summed E-state index contributed by atoms with van der Waals surface area (Å²) in [5, 5.41) is 8.90. The first-order valence-corrected chi connectivity index (χ1v) is 9.31. The third-order valence-electron chi connectivity index (χ3n) is 4.65. The molecule has 1 aromatic rings. The Morgan fingerprint density at radius 2 is 1.96 bits per heavy atom. The first-order chi connectivity index (χ1) is 12.8. The molecule has 142 valence electrons. The summed E-state index contributed by atoms with van der Waals surface area (Å²) < 4.78 is 17.0. The van der Waals surface area contributed by atoms with Crippen molar-refractivity contribution in [1.82, 2.24) is 4.90 Å². The number of rotatable bonds is 7. The lowest BCUT2D eigenvalue weighted by molar-refractivity contribution is -0.155. The third kappa shape index (κ3) is 5.06. The molecule has 2 heterocycles. The van der Waals surface area contributed by atoms with Gasteiger partial charge in [0.15, 0.2) is 5.76 Å². The zero-order valence-electron chi connectivity index (χ0n) is 15.0. The first-order valence-electron chi connectivity index (χ1n) is 9.31. The minimum atomic E-state index is -0.455. The van der Waals surface area contributed by atoms with Crippen LogP contribution in [0.2, 0.25) is 0 Å². The molecule has 6 heteroatoms. The Balaban J connectivity index is 1.71. The number of benzene rings is 1. The van der Waals surface area contributed by atoms with Gasteiger partial charge in [0.05, 0.1) is 19.8 Å². The van der Waals surface area contributed by atoms with E-state index < -0.39 is 6.29 Å². The summed E-state index contributed by atoms with van der Waals surface area (Å²) in [6.07, 6.45) is 3.60. The van der Waals surface area contributed by atoms with Crippen LogP contribution in [0.1, 0.15) is 30.7 Å². The van der Waals surface area contributed by atoms with Crippen molar-refractivity contribution in [2.45, 2.75) is 31.5 Å². The van der Waals surface area contributed by atoms with E-state index in [0.717, 1.165) is 12.0 Å². The van der Waals surface area contributed by atoms with Gasteiger partial charge in [0.2, 0.25) is 6.29 Å². The number of aliphatic hydroxyl groups excluding tert-OH is 1. The third-order valence-corrected chi connectivity index (χ3v) is 4.65. The number of morpholine rings is 1. The van der Waals surface area contributed by atoms with Crippen LogP contribution in [0.25, 0.3) is 0 Å². The van der Waals surface area contributed by atoms with Crippen LogP contribution in [0.4, 0.5) is 0 Å². The average molecular weight is 361 g/mol. The van der Waals surface area contributed by atoms with Crippen molar-refractivity contribution in [3.05, 3.63) is 47.7 Å². The number of hydrogen-bond acceptors (Lipinski definition) is 5. The van der Waals surface area contributed by atoms with Crippen molar-refractivity contribution < 1.29 is 24.1 Å². The van der Waals surface area contributed by atoms with Crippen LogP contribution in [0.15, 0.2) is 42.2 Å². The van der Waals surface area contributed by atoms with Crippen LogP contribution in [-0.2, 0) is 19.0 Å². The number of carbonyl (C=O) groups excluding carboxylic acids is 1. The summed E-state index contributed by atoms with van der Waals surface area (Å²) >= 11 is 0. The fourth-order valence-corrected chi connectivity index (χ4v) is 3.19. The highest BCUT2D eigenvalue weighted by atomic mass is 16.7. The smallest absolute Gasteiger partial charge is 0.288 e. The Kier molecular flexibility index (Phi) is 7.05. The monoisotopic (exact) mass is 361 g/mol. The van der Waals surface area contributed by atoms with Crippen LogP contribution in [-0.4, -0.2) is 61.7 Å². The predicted molar refractivity (Wildman–Crippen MR) is 96.4 cm³/mol. The molecule has 0 saturated carbocycles. The summed E-state index contributed by atoms with van der Waals surface area (Å²) in [5.41, 5.74) is 1.15. The second-order valence-corrected chi connectivity index (χ2v) is 6.54. The molecule has 0 radical (unpaired) electrons. The van der Waals surface area contributed by atoms with Crippen molar-refractivity contribution >= 4 is 5.91 Å². The van der Waals surface area contributed by atoms with Gasteiger partial charge in [-0.25, -0.2) is 0 Å². The normalized spacial score (nSPS) is 23.3. The maximum absolute atomic E-state index is 12.8. The number of aliphatic hydroxyl groups is 1. The summed E-state index contributed by atoms with van der Waals surface area (Å²) in [7, 11) is 0. The first kappa shape index (κ1) is 18.9. The molecule has 0 unspecified atom stereocenters. The topological polar surface area (TPSA) is 68.2 Å². The van der Waals surface area contributed by atoms with Gasteiger partial charge in [-0.3, -0.25) is 4.79 Å². The fourth-order valence-electron chi connectivity index (χ4n) is 3.19. The van der Waals surface area contributed by atoms with E-state index in [2.05, 4.69) is 12.1 Å². The number of nitrogens with zero attached hydrogens (tertiary/aromatic N) is 1. The standard InChI is InChI=1S/C20H27NO5/c22-10-4-5-11-25-19-15-17(16-6-2-1-3-7-16)14-18(26-19)20(23)21-8-12-24-13-9-21/h1-3,6-7,14,17,19,22H,4-5,8-13,15H2/t17-,19+/m1/s1. The lowest BCUT2D eigenvalue weighted by Gasteiger charge is -2.33. The average Bonchev–Trinajstić information content (AvgIpc) is 2.72. The van der Waals surface area contributed by atoms with E-state index >= 15 is 0 Å². The molecule has 1 aromatic carbocycles. The molecular formula is C20H27NO5. The highest BCUT2D eigenvalue weighted by molar-refractivity contribution is 5.91. The predicted octanol–water partition coefficient (Wildman–Crippen LogP) is 2.05. The van der Waals surface area contributed by atoms with Crippen LogP contribution in [0.5, 0.6) is 0 Å². The number of allylic oxidation sites excluding steroid dienone is 1. The largest absolute Gasteiger partial charge is 0.459 e. The number of ether oxygens (including phenoxy) is 3. The molecule has 1 saturated heterocycles. The molecule has 0 spiro atoms. The lowest BCUT2D eigenvalue weighted by Crippen LogP contribution is -2.43. The lowest BCUT2D eigenvalue weighted by atomic mass is 9.93. The molecular weight excluding hydrogens is 334 g/mol. The second kappa shape index (κ2) is 9.71. The summed E-state index contributed by atoms with van der Waals surface area (Å²) in [6, 6.07) is 10.1. The summed E-state index contributed by atoms with van der Waals surface area (Å²) in [4.78, 5) is 14.6. The van der Waals surface area contributed by atoms with Gasteiger partial charge in [-0.15, -0.1) is 0 Å². The Bertz CT molecular complexity index is 597. The van der Waals surface area contributed by atoms with Gasteiger partial charge in [0, 0.05) is 32.0 Å². The molecule has 2 atom stereocenters. The van der Waals surface area contributed by atoms with E-state index in [9.17, 15) is 4.79 Å². The molecule has 2 aliphatic rings. The molecule has 1 amide bonds. The zero-order chi connectivity index (χ0) is 18.2. The number of carbonyl (C=O) groups is 1. The van der Waals surface area contributed by atoms with Crippen molar-refractivity contribution in [3.8, 4) is 0 Å². The van der Waals surface area contributed by atoms with Crippen molar-refractivity contribution in [1.29, 1.82) is 0 Å². The molecule has 0 aliphatic carbocycles. The molecule has 1 N–H and O–H groups in total. The van der Waals surface area contributed by atoms with Gasteiger partial charge < -0.3 is 24.2 Å². The maximum atomic E-state index is 12.8. The molecule has 0 bridgehead atoms. The Labute approximate surface area is 154 Å². The van der Waals surface area contributed by atoms with Gasteiger partial charge in [0.25, 0.3) is 5.91 Å². The van der Waals surface area contributed by atoms with Crippen LogP contribution in [0.3, 0.4) is 0 Å². The SMILES string of the molecule is O=C(C1=C[C@@H](c2ccccc2)C[C@@H](OCCCCO)O1)N1CCOCC1. The van der Waals surface area contributed by atoms with E-state index in [4.69, 9.17) is 19.3 Å². The summed E-state index contributed by atoms with van der Waals surface area (Å²) in [6.45, 7) is 2.94. The van der Waals surface area contributed by atoms with Crippen molar-refractivity contribution in [2.75, 3.05) is 39.5 Å². The van der Waals surface area contributed by atoms with Gasteiger partial charge >= 0.3 is 0 Å². The van der Waals surface area contributed by atoms with Crippen molar-refractivity contribution in [3.63, 3.8) is 0 Å². The van der Waals surface area contributed by atoms with Crippen LogP contribution in [0, 0.1) is 0 Å². The second-order valence-electron chi connectivity index (χ2n) is 6.54. The van der Waals surface area contributed by atoms with E-state index in [1.165, 1.54) is 0 Å². The molecule has 0 aromatic heterocycles. The van der Waals surface area contributed by atoms with E-state index in [1.54, 1.807) is 4.90 Å². The van der Waals surface area contributed by atoms with Crippen LogP contribution >= 0.6 is 0 Å².